The third-order valence-corrected chi connectivity index (χ3v) is 20.4. The van der Waals surface area contributed by atoms with Gasteiger partial charge in [0.1, 0.15) is 0 Å². The van der Waals surface area contributed by atoms with Crippen molar-refractivity contribution in [1.82, 2.24) is 0 Å². The molecular weight excluding hydrogens is 1080 g/mol. The summed E-state index contributed by atoms with van der Waals surface area (Å²) in [4.78, 5) is 13.1. The molecule has 0 N–H and O–H groups in total. The molecule has 10 aromatic carbocycles. The molecule has 3 aliphatic heterocycles. The minimum absolute atomic E-state index is 0.00862. The van der Waals surface area contributed by atoms with Crippen molar-refractivity contribution < 1.29 is 0 Å². The van der Waals surface area contributed by atoms with Crippen LogP contribution < -0.4 is 25.5 Å². The summed E-state index contributed by atoms with van der Waals surface area (Å²) in [6.45, 7) is 34.7. The molecule has 0 aromatic heterocycles. The third-order valence-electron chi connectivity index (χ3n) is 17.9. The highest BCUT2D eigenvalue weighted by Crippen LogP contribution is 2.56. The van der Waals surface area contributed by atoms with Crippen LogP contribution in [-0.4, -0.2) is 6.85 Å². The van der Waals surface area contributed by atoms with E-state index in [9.17, 15) is 0 Å². The first kappa shape index (κ1) is 57.4. The van der Waals surface area contributed by atoms with Crippen molar-refractivity contribution in [2.24, 2.45) is 0 Å². The molecular formula is C80H80BN3S2. The predicted octanol–water partition coefficient (Wildman–Crippen LogP) is 22.3. The average molecular weight is 1160 g/mol. The van der Waals surface area contributed by atoms with Gasteiger partial charge >= 0.3 is 6.85 Å². The lowest BCUT2D eigenvalue weighted by molar-refractivity contribution is 0.590. The van der Waals surface area contributed by atoms with Crippen LogP contribution in [0.1, 0.15) is 132 Å². The summed E-state index contributed by atoms with van der Waals surface area (Å²) in [6.07, 6.45) is 0. The second kappa shape index (κ2) is 21.1. The van der Waals surface area contributed by atoms with E-state index in [0.29, 0.717) is 0 Å². The van der Waals surface area contributed by atoms with Gasteiger partial charge in [0.2, 0.25) is 0 Å². The molecule has 0 fully saturated rings. The van der Waals surface area contributed by atoms with Crippen LogP contribution in [0.5, 0.6) is 0 Å². The lowest BCUT2D eigenvalue weighted by Gasteiger charge is -2.47. The molecule has 0 saturated heterocycles. The number of hydrogen-bond acceptors (Lipinski definition) is 5. The normalized spacial score (nSPS) is 13.8. The number of fused-ring (bicyclic) bond motifs is 6. The fourth-order valence-electron chi connectivity index (χ4n) is 12.8. The van der Waals surface area contributed by atoms with Crippen molar-refractivity contribution in [3.05, 3.63) is 240 Å². The lowest BCUT2D eigenvalue weighted by atomic mass is 9.43. The largest absolute Gasteiger partial charge is 0.376 e. The highest BCUT2D eigenvalue weighted by atomic mass is 32.2. The van der Waals surface area contributed by atoms with Gasteiger partial charge in [0.25, 0.3) is 0 Å². The summed E-state index contributed by atoms with van der Waals surface area (Å²) >= 11 is 3.81. The SMILES string of the molecule is CC(C)(C)c1ccc(N(c2ccc(C(C)(C)C)cc2)c2ccc3c(c2)-c2cc(C(C)(C)C)cc4c2B(c2cc5c(cc2N4c2ccc(C(C)(C)C)cc2-c2ccccc2)Sc2ccccc2S5)N3c2ccc(C(C)(C)C)cc2-c2ccccc2)cc1. The quantitative estimate of drug-likeness (QED) is 0.147. The number of nitrogens with zero attached hydrogens (tertiary/aromatic N) is 3. The highest BCUT2D eigenvalue weighted by molar-refractivity contribution is 8.05. The Morgan fingerprint density at radius 1 is 0.302 bits per heavy atom. The standard InChI is InChI=1S/C80H80BN3S2/c1-76(2,3)53-30-36-58(37-31-53)82(59-38-32-54(33-39-59)77(4,5)6)60-40-43-68-63(48-60)64-46-57(80(13,14)15)47-70-75(64)81(84(68)67-42-35-56(79(10,11)12)45-62(67)52-26-20-17-21-27-52)65-49-73-74(86-72-29-23-22-28-71(72)85-73)50-69(65)83(70)66-41-34-55(78(7,8)9)44-61(66)51-24-18-16-19-25-51/h16-50H,1-15H3. The molecule has 3 heterocycles. The maximum Gasteiger partial charge on any atom is 0.333 e. The summed E-state index contributed by atoms with van der Waals surface area (Å²) in [5.74, 6) is 0. The minimum Gasteiger partial charge on any atom is -0.376 e. The Bertz CT molecular complexity index is 4190. The van der Waals surface area contributed by atoms with E-state index in [0.717, 1.165) is 17.1 Å². The first-order valence-corrected chi connectivity index (χ1v) is 32.4. The molecule has 0 unspecified atom stereocenters. The van der Waals surface area contributed by atoms with Crippen molar-refractivity contribution in [2.45, 2.75) is 151 Å². The molecule has 86 heavy (non-hydrogen) atoms. The van der Waals surface area contributed by atoms with Crippen LogP contribution in [0.3, 0.4) is 0 Å². The molecule has 10 aromatic rings. The van der Waals surface area contributed by atoms with Crippen molar-refractivity contribution in [1.29, 1.82) is 0 Å². The van der Waals surface area contributed by atoms with E-state index < -0.39 is 0 Å². The van der Waals surface area contributed by atoms with E-state index in [1.807, 2.05) is 23.5 Å². The minimum atomic E-state index is -0.227. The van der Waals surface area contributed by atoms with E-state index in [1.54, 1.807) is 0 Å². The monoisotopic (exact) mass is 1160 g/mol. The summed E-state index contributed by atoms with van der Waals surface area (Å²) in [7, 11) is 0. The lowest BCUT2D eigenvalue weighted by Crippen LogP contribution is -2.62. The van der Waals surface area contributed by atoms with E-state index >= 15 is 0 Å². The Kier molecular flexibility index (Phi) is 14.1. The fraction of sp³-hybridized carbons (Fsp3) is 0.250. The second-order valence-electron chi connectivity index (χ2n) is 29.1. The Balaban J connectivity index is 1.16. The first-order valence-electron chi connectivity index (χ1n) is 30.8. The van der Waals surface area contributed by atoms with E-state index in [4.69, 9.17) is 0 Å². The molecule has 6 heteroatoms. The van der Waals surface area contributed by atoms with Gasteiger partial charge < -0.3 is 14.6 Å². The number of benzene rings is 10. The van der Waals surface area contributed by atoms with Crippen LogP contribution in [0.15, 0.2) is 232 Å². The van der Waals surface area contributed by atoms with Gasteiger partial charge in [0, 0.05) is 76.1 Å². The summed E-state index contributed by atoms with van der Waals surface area (Å²) in [5.41, 5.74) is 25.3. The molecule has 0 spiro atoms. The molecule has 430 valence electrons. The molecule has 0 saturated carbocycles. The molecule has 3 nitrogen and oxygen atoms in total. The maximum absolute atomic E-state index is 2.75. The van der Waals surface area contributed by atoms with Crippen LogP contribution in [0.2, 0.25) is 0 Å². The zero-order valence-corrected chi connectivity index (χ0v) is 54.6. The van der Waals surface area contributed by atoms with Crippen molar-refractivity contribution in [3.63, 3.8) is 0 Å². The number of hydrogen-bond donors (Lipinski definition) is 0. The van der Waals surface area contributed by atoms with Gasteiger partial charge in [-0.25, -0.2) is 0 Å². The molecule has 0 radical (unpaired) electrons. The van der Waals surface area contributed by atoms with E-state index in [-0.39, 0.29) is 33.9 Å². The van der Waals surface area contributed by atoms with Crippen LogP contribution in [-0.2, 0) is 27.1 Å². The van der Waals surface area contributed by atoms with Gasteiger partial charge in [-0.1, -0.05) is 243 Å². The van der Waals surface area contributed by atoms with Crippen LogP contribution >= 0.6 is 23.5 Å². The summed E-state index contributed by atoms with van der Waals surface area (Å²) in [6, 6.07) is 82.0. The third kappa shape index (κ3) is 10.4. The molecule has 0 atom stereocenters. The van der Waals surface area contributed by atoms with E-state index in [2.05, 4.69) is 331 Å². The summed E-state index contributed by atoms with van der Waals surface area (Å²) in [5, 5.41) is 0. The van der Waals surface area contributed by atoms with Crippen molar-refractivity contribution in [3.8, 4) is 33.4 Å². The molecule has 0 amide bonds. The van der Waals surface area contributed by atoms with Crippen molar-refractivity contribution in [2.75, 3.05) is 14.6 Å². The molecule has 3 aliphatic rings. The van der Waals surface area contributed by atoms with Crippen molar-refractivity contribution >= 4 is 86.8 Å². The number of anilines is 8. The molecule has 13 rings (SSSR count). The topological polar surface area (TPSA) is 9.72 Å². The molecule has 0 aliphatic carbocycles. The predicted molar refractivity (Wildman–Crippen MR) is 374 cm³/mol. The van der Waals surface area contributed by atoms with Crippen LogP contribution in [0, 0.1) is 0 Å². The smallest absolute Gasteiger partial charge is 0.333 e. The Morgan fingerprint density at radius 3 is 1.21 bits per heavy atom. The van der Waals surface area contributed by atoms with E-state index in [1.165, 1.54) is 120 Å². The zero-order chi connectivity index (χ0) is 60.4. The van der Waals surface area contributed by atoms with Gasteiger partial charge in [0.15, 0.2) is 0 Å². The Morgan fingerprint density at radius 2 is 0.709 bits per heavy atom. The zero-order valence-electron chi connectivity index (χ0n) is 52.9. The molecule has 0 bridgehead atoms. The van der Waals surface area contributed by atoms with Gasteiger partial charge in [-0.3, -0.25) is 0 Å². The van der Waals surface area contributed by atoms with Crippen LogP contribution in [0.25, 0.3) is 33.4 Å². The van der Waals surface area contributed by atoms with Gasteiger partial charge in [-0.15, -0.1) is 0 Å². The maximum atomic E-state index is 2.75. The first-order chi connectivity index (χ1) is 40.8. The highest BCUT2D eigenvalue weighted by Gasteiger charge is 2.48. The fourth-order valence-corrected chi connectivity index (χ4v) is 15.1. The van der Waals surface area contributed by atoms with Crippen LogP contribution in [0.4, 0.5) is 45.5 Å². The van der Waals surface area contributed by atoms with Gasteiger partial charge in [-0.2, -0.15) is 0 Å². The van der Waals surface area contributed by atoms with Gasteiger partial charge in [-0.05, 0) is 180 Å². The van der Waals surface area contributed by atoms with Gasteiger partial charge in [0.05, 0.1) is 5.69 Å². The average Bonchev–Trinajstić information content (AvgIpc) is 0.698. The Labute approximate surface area is 522 Å². The Hall–Kier alpha value is -7.64. The number of rotatable bonds is 7. The summed E-state index contributed by atoms with van der Waals surface area (Å²) < 4.78 is 0. The second-order valence-corrected chi connectivity index (χ2v) is 31.3.